The van der Waals surface area contributed by atoms with Gasteiger partial charge in [-0.1, -0.05) is 0 Å². The van der Waals surface area contributed by atoms with Crippen molar-refractivity contribution in [3.63, 3.8) is 0 Å². The summed E-state index contributed by atoms with van der Waals surface area (Å²) < 4.78 is 10.0. The maximum absolute atomic E-state index is 12.1. The number of aliphatic hydroxyl groups is 2. The molecule has 1 amide bonds. The number of amides is 1. The highest BCUT2D eigenvalue weighted by atomic mass is 16.5. The van der Waals surface area contributed by atoms with Crippen molar-refractivity contribution in [3.8, 4) is 5.75 Å². The molecule has 0 saturated heterocycles. The molecule has 1 saturated carbocycles. The van der Waals surface area contributed by atoms with Gasteiger partial charge < -0.3 is 25.0 Å². The lowest BCUT2D eigenvalue weighted by Crippen LogP contribution is -2.43. The Hall–Kier alpha value is -1.63. The van der Waals surface area contributed by atoms with Gasteiger partial charge in [0.15, 0.2) is 0 Å². The van der Waals surface area contributed by atoms with Gasteiger partial charge in [0, 0.05) is 18.6 Å². The molecule has 6 nitrogen and oxygen atoms in total. The van der Waals surface area contributed by atoms with Crippen LogP contribution in [0.3, 0.4) is 0 Å². The van der Waals surface area contributed by atoms with Gasteiger partial charge in [0.05, 0.1) is 25.9 Å². The number of hydrogen-bond acceptors (Lipinski definition) is 5. The Morgan fingerprint density at radius 1 is 1.24 bits per heavy atom. The van der Waals surface area contributed by atoms with Crippen LogP contribution < -0.4 is 10.1 Å². The average molecular weight is 295 g/mol. The number of methoxy groups -OCH3 is 2. The van der Waals surface area contributed by atoms with Crippen LogP contribution in [0.1, 0.15) is 16.8 Å². The van der Waals surface area contributed by atoms with E-state index >= 15 is 0 Å². The molecule has 0 unspecified atom stereocenters. The summed E-state index contributed by atoms with van der Waals surface area (Å²) in [6.07, 6.45) is -1.38. The van der Waals surface area contributed by atoms with Crippen LogP contribution >= 0.6 is 0 Å². The summed E-state index contributed by atoms with van der Waals surface area (Å²) in [5.41, 5.74) is 0.479. The zero-order chi connectivity index (χ0) is 15.4. The van der Waals surface area contributed by atoms with Crippen molar-refractivity contribution in [2.75, 3.05) is 20.8 Å². The number of carbonyl (C=O) groups is 1. The minimum absolute atomic E-state index is 0.175. The molecule has 0 aliphatic heterocycles. The third-order valence-corrected chi connectivity index (χ3v) is 3.85. The highest BCUT2D eigenvalue weighted by Gasteiger charge is 2.42. The molecule has 0 radical (unpaired) electrons. The maximum Gasteiger partial charge on any atom is 0.251 e. The van der Waals surface area contributed by atoms with E-state index in [1.807, 2.05) is 0 Å². The molecule has 2 rings (SSSR count). The van der Waals surface area contributed by atoms with Crippen molar-refractivity contribution in [3.05, 3.63) is 29.8 Å². The number of carbonyl (C=O) groups excluding carboxylic acids is 1. The lowest BCUT2D eigenvalue weighted by Gasteiger charge is -2.18. The summed E-state index contributed by atoms with van der Waals surface area (Å²) in [5, 5.41) is 22.7. The fourth-order valence-electron chi connectivity index (χ4n) is 2.64. The van der Waals surface area contributed by atoms with Crippen LogP contribution in [-0.4, -0.2) is 55.2 Å². The molecule has 1 aliphatic carbocycles. The molecular formula is C15H21NO5. The Morgan fingerprint density at radius 2 is 1.90 bits per heavy atom. The fraction of sp³-hybridized carbons (Fsp3) is 0.533. The first-order valence-corrected chi connectivity index (χ1v) is 6.86. The van der Waals surface area contributed by atoms with Gasteiger partial charge in [-0.3, -0.25) is 4.79 Å². The van der Waals surface area contributed by atoms with Crippen molar-refractivity contribution in [1.82, 2.24) is 5.32 Å². The molecule has 0 heterocycles. The number of rotatable bonds is 5. The summed E-state index contributed by atoms with van der Waals surface area (Å²) in [5.74, 6) is 0.209. The second-order valence-electron chi connectivity index (χ2n) is 5.24. The molecule has 1 fully saturated rings. The van der Waals surface area contributed by atoms with E-state index in [9.17, 15) is 15.0 Å². The second kappa shape index (κ2) is 6.89. The molecule has 1 aromatic rings. The van der Waals surface area contributed by atoms with Gasteiger partial charge >= 0.3 is 0 Å². The summed E-state index contributed by atoms with van der Waals surface area (Å²) in [4.78, 5) is 12.1. The standard InChI is InChI=1S/C15H21NO5/c1-20-8-10-7-12(14(18)13(10)17)16-15(19)9-3-5-11(21-2)6-4-9/h3-6,10,12-14,17-18H,7-8H2,1-2H3,(H,16,19)/t10-,12-,13-,14+/m1/s1. The third kappa shape index (κ3) is 3.53. The number of nitrogens with one attached hydrogen (secondary N) is 1. The molecule has 21 heavy (non-hydrogen) atoms. The second-order valence-corrected chi connectivity index (χ2v) is 5.24. The minimum Gasteiger partial charge on any atom is -0.497 e. The summed E-state index contributed by atoms with van der Waals surface area (Å²) in [6, 6.07) is 6.22. The van der Waals surface area contributed by atoms with Crippen molar-refractivity contribution in [2.24, 2.45) is 5.92 Å². The predicted octanol–water partition coefficient (Wildman–Crippen LogP) is 0.182. The van der Waals surface area contributed by atoms with E-state index in [1.165, 1.54) is 0 Å². The largest absolute Gasteiger partial charge is 0.497 e. The van der Waals surface area contributed by atoms with Gasteiger partial charge in [-0.2, -0.15) is 0 Å². The normalized spacial score (nSPS) is 28.4. The van der Waals surface area contributed by atoms with Crippen LogP contribution in [0.25, 0.3) is 0 Å². The predicted molar refractivity (Wildman–Crippen MR) is 76.2 cm³/mol. The lowest BCUT2D eigenvalue weighted by molar-refractivity contribution is -0.00552. The Labute approximate surface area is 123 Å². The van der Waals surface area contributed by atoms with Gasteiger partial charge in [-0.25, -0.2) is 0 Å². The van der Waals surface area contributed by atoms with E-state index in [1.54, 1.807) is 38.5 Å². The summed E-state index contributed by atoms with van der Waals surface area (Å²) in [6.45, 7) is 0.354. The van der Waals surface area contributed by atoms with Gasteiger partial charge in [0.2, 0.25) is 0 Å². The lowest BCUT2D eigenvalue weighted by atomic mass is 10.1. The van der Waals surface area contributed by atoms with Crippen molar-refractivity contribution in [2.45, 2.75) is 24.7 Å². The van der Waals surface area contributed by atoms with E-state index in [-0.39, 0.29) is 11.8 Å². The topological polar surface area (TPSA) is 88.0 Å². The van der Waals surface area contributed by atoms with Crippen LogP contribution in [0.15, 0.2) is 24.3 Å². The summed E-state index contributed by atoms with van der Waals surface area (Å²) >= 11 is 0. The Bertz CT molecular complexity index is 475. The number of benzene rings is 1. The molecule has 1 aliphatic rings. The molecule has 0 bridgehead atoms. The van der Waals surface area contributed by atoms with Gasteiger partial charge in [-0.05, 0) is 30.7 Å². The molecule has 6 heteroatoms. The quantitative estimate of drug-likeness (QED) is 0.721. The first kappa shape index (κ1) is 15.8. The Morgan fingerprint density at radius 3 is 2.48 bits per heavy atom. The Balaban J connectivity index is 1.98. The van der Waals surface area contributed by atoms with Crippen molar-refractivity contribution in [1.29, 1.82) is 0 Å². The molecular weight excluding hydrogens is 274 g/mol. The first-order valence-electron chi connectivity index (χ1n) is 6.86. The van der Waals surface area contributed by atoms with Gasteiger partial charge in [-0.15, -0.1) is 0 Å². The maximum atomic E-state index is 12.1. The average Bonchev–Trinajstić information content (AvgIpc) is 2.76. The molecule has 1 aromatic carbocycles. The van der Waals surface area contributed by atoms with E-state index < -0.39 is 18.2 Å². The van der Waals surface area contributed by atoms with Crippen LogP contribution in [0.5, 0.6) is 5.75 Å². The van der Waals surface area contributed by atoms with Gasteiger partial charge in [0.1, 0.15) is 11.9 Å². The number of aliphatic hydroxyl groups excluding tert-OH is 2. The summed E-state index contributed by atoms with van der Waals surface area (Å²) in [7, 11) is 3.10. The van der Waals surface area contributed by atoms with E-state index in [0.29, 0.717) is 24.3 Å². The smallest absolute Gasteiger partial charge is 0.251 e. The van der Waals surface area contributed by atoms with Crippen molar-refractivity contribution < 1.29 is 24.5 Å². The molecule has 116 valence electrons. The minimum atomic E-state index is -0.979. The highest BCUT2D eigenvalue weighted by molar-refractivity contribution is 5.94. The first-order chi connectivity index (χ1) is 10.1. The van der Waals surface area contributed by atoms with E-state index in [0.717, 1.165) is 0 Å². The van der Waals surface area contributed by atoms with Crippen LogP contribution in [0, 0.1) is 5.92 Å². The Kier molecular flexibility index (Phi) is 5.17. The van der Waals surface area contributed by atoms with Crippen LogP contribution in [-0.2, 0) is 4.74 Å². The monoisotopic (exact) mass is 295 g/mol. The zero-order valence-corrected chi connectivity index (χ0v) is 12.2. The molecule has 4 atom stereocenters. The van der Waals surface area contributed by atoms with Crippen LogP contribution in [0.2, 0.25) is 0 Å². The number of ether oxygens (including phenoxy) is 2. The SMILES string of the molecule is COC[C@H]1C[C@@H](NC(=O)c2ccc(OC)cc2)[C@H](O)[C@@H]1O. The van der Waals surface area contributed by atoms with Gasteiger partial charge in [0.25, 0.3) is 5.91 Å². The van der Waals surface area contributed by atoms with Crippen molar-refractivity contribution >= 4 is 5.91 Å². The zero-order valence-electron chi connectivity index (χ0n) is 12.2. The molecule has 0 aromatic heterocycles. The molecule has 0 spiro atoms. The number of hydrogen-bond donors (Lipinski definition) is 3. The fourth-order valence-corrected chi connectivity index (χ4v) is 2.64. The van der Waals surface area contributed by atoms with E-state index in [2.05, 4.69) is 5.32 Å². The van der Waals surface area contributed by atoms with E-state index in [4.69, 9.17) is 9.47 Å². The highest BCUT2D eigenvalue weighted by Crippen LogP contribution is 2.27. The van der Waals surface area contributed by atoms with Crippen LogP contribution in [0.4, 0.5) is 0 Å². The molecule has 3 N–H and O–H groups in total. The third-order valence-electron chi connectivity index (χ3n) is 3.85.